The SMILES string of the molecule is CC(C)NC(=O)[C@]1(Cc2ccc(-c3cccs3)cc2)CCN(C(=O)[C@@H]2CCCO2)C1. The van der Waals surface area contributed by atoms with E-state index in [0.717, 1.165) is 18.4 Å². The molecule has 2 fully saturated rings. The number of amides is 2. The fourth-order valence-electron chi connectivity index (χ4n) is 4.48. The Morgan fingerprint density at radius 1 is 1.27 bits per heavy atom. The second-order valence-electron chi connectivity index (χ2n) is 8.77. The van der Waals surface area contributed by atoms with E-state index in [1.54, 1.807) is 11.3 Å². The van der Waals surface area contributed by atoms with Crippen LogP contribution in [0.3, 0.4) is 0 Å². The van der Waals surface area contributed by atoms with Gasteiger partial charge in [0.2, 0.25) is 5.91 Å². The number of thiophene rings is 1. The number of hydrogen-bond acceptors (Lipinski definition) is 4. The summed E-state index contributed by atoms with van der Waals surface area (Å²) in [7, 11) is 0. The number of likely N-dealkylation sites (tertiary alicyclic amines) is 1. The Hall–Kier alpha value is -2.18. The predicted octanol–water partition coefficient (Wildman–Crippen LogP) is 3.88. The standard InChI is InChI=1S/C24H30N2O3S/c1-17(2)25-23(28)24(11-12-26(16-24)22(27)20-5-3-13-29-20)15-18-7-9-19(10-8-18)21-6-4-14-30-21/h4,6-10,14,17,20H,3,5,11-13,15-16H2,1-2H3,(H,25,28)/t20-,24-/m0/s1. The van der Waals surface area contributed by atoms with Crippen LogP contribution in [0.25, 0.3) is 10.4 Å². The fourth-order valence-corrected chi connectivity index (χ4v) is 5.22. The first-order valence-corrected chi connectivity index (χ1v) is 11.7. The lowest BCUT2D eigenvalue weighted by molar-refractivity contribution is -0.141. The van der Waals surface area contributed by atoms with Crippen LogP contribution in [0.5, 0.6) is 0 Å². The van der Waals surface area contributed by atoms with Crippen LogP contribution in [-0.4, -0.2) is 48.6 Å². The van der Waals surface area contributed by atoms with Crippen molar-refractivity contribution in [1.29, 1.82) is 0 Å². The Balaban J connectivity index is 1.53. The van der Waals surface area contributed by atoms with Gasteiger partial charge >= 0.3 is 0 Å². The first-order valence-electron chi connectivity index (χ1n) is 10.8. The van der Waals surface area contributed by atoms with Crippen molar-refractivity contribution in [2.45, 2.75) is 51.7 Å². The van der Waals surface area contributed by atoms with Crippen LogP contribution in [0.4, 0.5) is 0 Å². The normalized spacial score (nSPS) is 23.8. The number of hydrogen-bond donors (Lipinski definition) is 1. The zero-order valence-electron chi connectivity index (χ0n) is 17.7. The largest absolute Gasteiger partial charge is 0.368 e. The van der Waals surface area contributed by atoms with Gasteiger partial charge in [0.15, 0.2) is 0 Å². The number of nitrogens with zero attached hydrogens (tertiary/aromatic N) is 1. The van der Waals surface area contributed by atoms with Crippen molar-refractivity contribution in [3.8, 4) is 10.4 Å². The molecule has 1 aromatic carbocycles. The van der Waals surface area contributed by atoms with Crippen LogP contribution in [0.15, 0.2) is 41.8 Å². The molecular formula is C24H30N2O3S. The lowest BCUT2D eigenvalue weighted by atomic mass is 9.79. The molecule has 1 aromatic heterocycles. The van der Waals surface area contributed by atoms with Crippen molar-refractivity contribution in [2.24, 2.45) is 5.41 Å². The van der Waals surface area contributed by atoms with Gasteiger partial charge in [-0.3, -0.25) is 9.59 Å². The van der Waals surface area contributed by atoms with E-state index in [0.29, 0.717) is 32.5 Å². The maximum absolute atomic E-state index is 13.2. The molecule has 30 heavy (non-hydrogen) atoms. The van der Waals surface area contributed by atoms with Crippen LogP contribution >= 0.6 is 11.3 Å². The van der Waals surface area contributed by atoms with Crippen molar-refractivity contribution in [3.05, 3.63) is 47.3 Å². The first kappa shape index (κ1) is 21.1. The Morgan fingerprint density at radius 3 is 2.70 bits per heavy atom. The van der Waals surface area contributed by atoms with E-state index in [4.69, 9.17) is 4.74 Å². The van der Waals surface area contributed by atoms with Gasteiger partial charge in [0.1, 0.15) is 6.10 Å². The molecule has 160 valence electrons. The molecule has 2 aliphatic rings. The maximum atomic E-state index is 13.2. The third-order valence-electron chi connectivity index (χ3n) is 6.07. The van der Waals surface area contributed by atoms with Crippen molar-refractivity contribution < 1.29 is 14.3 Å². The number of ether oxygens (including phenoxy) is 1. The Bertz CT molecular complexity index is 872. The predicted molar refractivity (Wildman–Crippen MR) is 119 cm³/mol. The Morgan fingerprint density at radius 2 is 2.07 bits per heavy atom. The van der Waals surface area contributed by atoms with Crippen LogP contribution in [-0.2, 0) is 20.7 Å². The lowest BCUT2D eigenvalue weighted by Gasteiger charge is -2.30. The van der Waals surface area contributed by atoms with Gasteiger partial charge in [0.05, 0.1) is 5.41 Å². The molecule has 0 aliphatic carbocycles. The van der Waals surface area contributed by atoms with Crippen LogP contribution < -0.4 is 5.32 Å². The van der Waals surface area contributed by atoms with E-state index in [-0.39, 0.29) is 24.0 Å². The van der Waals surface area contributed by atoms with E-state index in [2.05, 4.69) is 47.1 Å². The van der Waals surface area contributed by atoms with E-state index in [9.17, 15) is 9.59 Å². The molecule has 0 unspecified atom stereocenters. The minimum absolute atomic E-state index is 0.0414. The highest BCUT2D eigenvalue weighted by Crippen LogP contribution is 2.36. The van der Waals surface area contributed by atoms with Crippen molar-refractivity contribution in [3.63, 3.8) is 0 Å². The molecule has 0 radical (unpaired) electrons. The summed E-state index contributed by atoms with van der Waals surface area (Å²) in [5.74, 6) is 0.0854. The summed E-state index contributed by atoms with van der Waals surface area (Å²) in [6, 6.07) is 12.7. The smallest absolute Gasteiger partial charge is 0.251 e. The summed E-state index contributed by atoms with van der Waals surface area (Å²) in [6.07, 6.45) is 2.69. The van der Waals surface area contributed by atoms with Gasteiger partial charge in [-0.05, 0) is 62.1 Å². The monoisotopic (exact) mass is 426 g/mol. The maximum Gasteiger partial charge on any atom is 0.251 e. The topological polar surface area (TPSA) is 58.6 Å². The summed E-state index contributed by atoms with van der Waals surface area (Å²) < 4.78 is 5.60. The Kier molecular flexibility index (Phi) is 6.25. The molecule has 5 nitrogen and oxygen atoms in total. The Labute approximate surface area is 182 Å². The van der Waals surface area contributed by atoms with E-state index in [1.807, 2.05) is 18.7 Å². The van der Waals surface area contributed by atoms with Gasteiger partial charge in [-0.25, -0.2) is 0 Å². The summed E-state index contributed by atoms with van der Waals surface area (Å²) >= 11 is 1.72. The molecule has 2 saturated heterocycles. The van der Waals surface area contributed by atoms with E-state index < -0.39 is 5.41 Å². The van der Waals surface area contributed by atoms with Gasteiger partial charge in [-0.15, -0.1) is 11.3 Å². The third-order valence-corrected chi connectivity index (χ3v) is 6.99. The number of carbonyl (C=O) groups is 2. The van der Waals surface area contributed by atoms with Gasteiger partial charge in [-0.1, -0.05) is 30.3 Å². The molecule has 0 saturated carbocycles. The molecule has 0 spiro atoms. The third kappa shape index (κ3) is 4.44. The van der Waals surface area contributed by atoms with E-state index >= 15 is 0 Å². The number of benzene rings is 1. The molecule has 0 bridgehead atoms. The second kappa shape index (κ2) is 8.90. The lowest BCUT2D eigenvalue weighted by Crippen LogP contribution is -2.48. The molecule has 2 aromatic rings. The van der Waals surface area contributed by atoms with Crippen molar-refractivity contribution >= 4 is 23.2 Å². The highest BCUT2D eigenvalue weighted by Gasteiger charge is 2.47. The summed E-state index contributed by atoms with van der Waals surface area (Å²) in [5, 5.41) is 5.18. The average Bonchev–Trinajstić information content (AvgIpc) is 3.49. The zero-order valence-corrected chi connectivity index (χ0v) is 18.5. The molecule has 2 amide bonds. The summed E-state index contributed by atoms with van der Waals surface area (Å²) in [5.41, 5.74) is 1.72. The van der Waals surface area contributed by atoms with E-state index in [1.165, 1.54) is 10.4 Å². The number of nitrogens with one attached hydrogen (secondary N) is 1. The van der Waals surface area contributed by atoms with Gasteiger partial charge in [0.25, 0.3) is 5.91 Å². The van der Waals surface area contributed by atoms with Crippen molar-refractivity contribution in [1.82, 2.24) is 10.2 Å². The summed E-state index contributed by atoms with van der Waals surface area (Å²) in [6.45, 7) is 5.67. The second-order valence-corrected chi connectivity index (χ2v) is 9.72. The molecule has 2 atom stereocenters. The van der Waals surface area contributed by atoms with Crippen molar-refractivity contribution in [2.75, 3.05) is 19.7 Å². The molecule has 4 rings (SSSR count). The highest BCUT2D eigenvalue weighted by molar-refractivity contribution is 7.13. The van der Waals surface area contributed by atoms with Gasteiger partial charge in [0, 0.05) is 30.6 Å². The van der Waals surface area contributed by atoms with Crippen LogP contribution in [0.1, 0.15) is 38.7 Å². The molecule has 6 heteroatoms. The highest BCUT2D eigenvalue weighted by atomic mass is 32.1. The van der Waals surface area contributed by atoms with Crippen LogP contribution in [0, 0.1) is 5.41 Å². The van der Waals surface area contributed by atoms with Gasteiger partial charge < -0.3 is 15.0 Å². The number of carbonyl (C=O) groups excluding carboxylic acids is 2. The first-order chi connectivity index (χ1) is 14.5. The minimum Gasteiger partial charge on any atom is -0.368 e. The minimum atomic E-state index is -0.594. The molecule has 2 aliphatic heterocycles. The molecule has 1 N–H and O–H groups in total. The molecular weight excluding hydrogens is 396 g/mol. The fraction of sp³-hybridized carbons (Fsp3) is 0.500. The quantitative estimate of drug-likeness (QED) is 0.763. The summed E-state index contributed by atoms with van der Waals surface area (Å²) in [4.78, 5) is 29.2. The zero-order chi connectivity index (χ0) is 21.1. The molecule has 3 heterocycles. The number of rotatable bonds is 6. The average molecular weight is 427 g/mol. The van der Waals surface area contributed by atoms with Crippen LogP contribution in [0.2, 0.25) is 0 Å². The van der Waals surface area contributed by atoms with Gasteiger partial charge in [-0.2, -0.15) is 0 Å².